The Kier molecular flexibility index (Phi) is 6.70. The van der Waals surface area contributed by atoms with Crippen LogP contribution in [-0.2, 0) is 10.8 Å². The molecule has 0 saturated heterocycles. The van der Waals surface area contributed by atoms with Crippen molar-refractivity contribution in [1.29, 1.82) is 0 Å². The van der Waals surface area contributed by atoms with E-state index in [9.17, 15) is 4.21 Å². The zero-order chi connectivity index (χ0) is 21.7. The number of benzene rings is 4. The van der Waals surface area contributed by atoms with Crippen LogP contribution in [0.4, 0.5) is 0 Å². The summed E-state index contributed by atoms with van der Waals surface area (Å²) in [5.74, 6) is 0. The lowest BCUT2D eigenvalue weighted by Crippen LogP contribution is -2.34. The van der Waals surface area contributed by atoms with E-state index in [0.717, 1.165) is 10.2 Å². The number of rotatable bonds is 6. The first-order chi connectivity index (χ1) is 15.2. The van der Waals surface area contributed by atoms with Crippen molar-refractivity contribution in [3.05, 3.63) is 127 Å². The molecule has 4 aromatic carbocycles. The first kappa shape index (κ1) is 21.6. The second kappa shape index (κ2) is 9.64. The summed E-state index contributed by atoms with van der Waals surface area (Å²) in [6.07, 6.45) is 0. The molecule has 0 aliphatic carbocycles. The van der Waals surface area contributed by atoms with Gasteiger partial charge in [0.25, 0.3) is 0 Å². The third kappa shape index (κ3) is 4.11. The van der Waals surface area contributed by atoms with Crippen LogP contribution in [0.15, 0.2) is 121 Å². The van der Waals surface area contributed by atoms with Crippen molar-refractivity contribution >= 4 is 38.2 Å². The van der Waals surface area contributed by atoms with Gasteiger partial charge in [-0.05, 0) is 28.4 Å². The van der Waals surface area contributed by atoms with Gasteiger partial charge in [0.2, 0.25) is 0 Å². The summed E-state index contributed by atoms with van der Waals surface area (Å²) in [5, 5.41) is 3.67. The van der Waals surface area contributed by atoms with Crippen LogP contribution in [0.3, 0.4) is 0 Å². The summed E-state index contributed by atoms with van der Waals surface area (Å²) in [6.45, 7) is 1.72. The van der Waals surface area contributed by atoms with Crippen molar-refractivity contribution in [3.8, 4) is 0 Å². The molecule has 0 saturated carbocycles. The maximum Gasteiger partial charge on any atom is 0.0571 e. The fourth-order valence-corrected chi connectivity index (χ4v) is 11.5. The van der Waals surface area contributed by atoms with Crippen molar-refractivity contribution < 1.29 is 4.21 Å². The normalized spacial score (nSPS) is 12.5. The predicted molar refractivity (Wildman–Crippen MR) is 139 cm³/mol. The van der Waals surface area contributed by atoms with Crippen molar-refractivity contribution in [2.24, 2.45) is 0 Å². The molecule has 0 N–H and O–H groups in total. The molecule has 31 heavy (non-hydrogen) atoms. The Bertz CT molecular complexity index is 1100. The Morgan fingerprint density at radius 2 is 0.903 bits per heavy atom. The van der Waals surface area contributed by atoms with Crippen LogP contribution in [0.5, 0.6) is 0 Å². The molecule has 156 valence electrons. The average molecular weight is 443 g/mol. The lowest BCUT2D eigenvalue weighted by atomic mass is 10.2. The highest BCUT2D eigenvalue weighted by Crippen LogP contribution is 2.48. The van der Waals surface area contributed by atoms with Gasteiger partial charge < -0.3 is 0 Å². The minimum absolute atomic E-state index is 0.00529. The van der Waals surface area contributed by atoms with Gasteiger partial charge in [-0.1, -0.05) is 135 Å². The molecule has 1 unspecified atom stereocenters. The largest absolute Gasteiger partial charge is 0.254 e. The van der Waals surface area contributed by atoms with Gasteiger partial charge in [-0.25, -0.2) is 0 Å². The lowest BCUT2D eigenvalue weighted by molar-refractivity contribution is 0.684. The Morgan fingerprint density at radius 3 is 1.23 bits per heavy atom. The molecule has 1 nitrogen and oxygen atoms in total. The highest BCUT2D eigenvalue weighted by Gasteiger charge is 2.34. The van der Waals surface area contributed by atoms with Gasteiger partial charge in [0.1, 0.15) is 0 Å². The molecule has 0 radical (unpaired) electrons. The van der Waals surface area contributed by atoms with E-state index in [1.54, 1.807) is 0 Å². The van der Waals surface area contributed by atoms with Crippen LogP contribution in [0.1, 0.15) is 19.4 Å². The van der Waals surface area contributed by atoms with Gasteiger partial charge in [-0.15, -0.1) is 0 Å². The Morgan fingerprint density at radius 1 is 0.581 bits per heavy atom. The Hall–Kier alpha value is -2.67. The van der Waals surface area contributed by atoms with E-state index in [1.807, 2.05) is 18.2 Å². The van der Waals surface area contributed by atoms with Crippen molar-refractivity contribution in [3.63, 3.8) is 0 Å². The summed E-state index contributed by atoms with van der Waals surface area (Å²) in [5.41, 5.74) is 1.06. The van der Waals surface area contributed by atoms with Gasteiger partial charge in [0.15, 0.2) is 0 Å². The molecule has 0 fully saturated rings. The third-order valence-corrected chi connectivity index (χ3v) is 12.3. The van der Waals surface area contributed by atoms with Crippen LogP contribution in [-0.4, -0.2) is 14.1 Å². The molecule has 4 aromatic rings. The minimum Gasteiger partial charge on any atom is -0.254 e. The number of hydrogen-bond acceptors (Lipinski definition) is 1. The maximum absolute atomic E-state index is 14.1. The SMILES string of the molecule is CC(C)S(=O)C(c1ccccc1)=P(c1ccccc1)(c1ccccc1)c1ccccc1. The third-order valence-electron chi connectivity index (χ3n) is 5.37. The zero-order valence-corrected chi connectivity index (χ0v) is 19.6. The lowest BCUT2D eigenvalue weighted by Gasteiger charge is -2.33. The molecule has 0 amide bonds. The molecular formula is C28H27OPS. The van der Waals surface area contributed by atoms with Gasteiger partial charge in [-0.2, -0.15) is 0 Å². The van der Waals surface area contributed by atoms with Crippen LogP contribution in [0, 0.1) is 0 Å². The second-order valence-electron chi connectivity index (χ2n) is 7.69. The monoisotopic (exact) mass is 442 g/mol. The summed E-state index contributed by atoms with van der Waals surface area (Å²) in [7, 11) is -1.17. The van der Waals surface area contributed by atoms with E-state index >= 15 is 0 Å². The molecular weight excluding hydrogens is 415 g/mol. The minimum atomic E-state index is -2.38. The van der Waals surface area contributed by atoms with Crippen LogP contribution in [0.25, 0.3) is 0 Å². The molecule has 3 heteroatoms. The molecule has 0 aliphatic heterocycles. The van der Waals surface area contributed by atoms with Crippen molar-refractivity contribution in [1.82, 2.24) is 0 Å². The topological polar surface area (TPSA) is 17.1 Å². The van der Waals surface area contributed by atoms with Crippen LogP contribution >= 0.6 is 6.89 Å². The zero-order valence-electron chi connectivity index (χ0n) is 17.9. The van der Waals surface area contributed by atoms with E-state index in [-0.39, 0.29) is 5.25 Å². The predicted octanol–water partition coefficient (Wildman–Crippen LogP) is 5.32. The van der Waals surface area contributed by atoms with Gasteiger partial charge in [0.05, 0.1) is 15.4 Å². The number of hydrogen-bond donors (Lipinski definition) is 0. The summed E-state index contributed by atoms with van der Waals surface area (Å²) in [4.78, 5) is 0. The van der Waals surface area contributed by atoms with Crippen molar-refractivity contribution in [2.45, 2.75) is 19.1 Å². The molecule has 0 spiro atoms. The molecule has 0 bridgehead atoms. The molecule has 0 aliphatic rings. The van der Waals surface area contributed by atoms with E-state index in [1.165, 1.54) is 15.9 Å². The van der Waals surface area contributed by atoms with E-state index in [4.69, 9.17) is 0 Å². The van der Waals surface area contributed by atoms with E-state index in [0.29, 0.717) is 0 Å². The van der Waals surface area contributed by atoms with Crippen LogP contribution in [0.2, 0.25) is 0 Å². The summed E-state index contributed by atoms with van der Waals surface area (Å²) in [6, 6.07) is 42.3. The standard InChI is InChI=1S/C28H27OPS/c1-23(2)31(29)28(24-15-7-3-8-16-24)30(25-17-9-4-10-18-25,26-19-11-5-12-20-26)27-21-13-6-14-22-27/h3-23H,1-2H3. The highest BCUT2D eigenvalue weighted by molar-refractivity contribution is 8.17. The summed E-state index contributed by atoms with van der Waals surface area (Å²) >= 11 is 0. The fraction of sp³-hybridized carbons (Fsp3) is 0.107. The molecule has 1 atom stereocenters. The summed E-state index contributed by atoms with van der Waals surface area (Å²) < 4.78 is 15.1. The molecule has 0 aromatic heterocycles. The Balaban J connectivity index is 2.32. The highest BCUT2D eigenvalue weighted by atomic mass is 32.2. The fourth-order valence-electron chi connectivity index (χ4n) is 4.00. The molecule has 4 rings (SSSR count). The second-order valence-corrected chi connectivity index (χ2v) is 13.3. The van der Waals surface area contributed by atoms with Gasteiger partial charge in [-0.3, -0.25) is 4.21 Å². The quantitative estimate of drug-likeness (QED) is 0.370. The van der Waals surface area contributed by atoms with Crippen molar-refractivity contribution in [2.75, 3.05) is 0 Å². The van der Waals surface area contributed by atoms with Gasteiger partial charge >= 0.3 is 0 Å². The van der Waals surface area contributed by atoms with E-state index in [2.05, 4.69) is 117 Å². The average Bonchev–Trinajstić information content (AvgIpc) is 2.84. The van der Waals surface area contributed by atoms with E-state index < -0.39 is 17.7 Å². The Labute approximate surface area is 188 Å². The van der Waals surface area contributed by atoms with Crippen LogP contribution < -0.4 is 15.9 Å². The van der Waals surface area contributed by atoms with Gasteiger partial charge in [0, 0.05) is 5.25 Å². The smallest absolute Gasteiger partial charge is 0.0571 e. The maximum atomic E-state index is 14.1. The first-order valence-corrected chi connectivity index (χ1v) is 13.6. The molecule has 0 heterocycles. The first-order valence-electron chi connectivity index (χ1n) is 10.5.